The van der Waals surface area contributed by atoms with Crippen LogP contribution in [0.25, 0.3) is 0 Å². The molecule has 3 nitrogen and oxygen atoms in total. The zero-order chi connectivity index (χ0) is 9.94. The van der Waals surface area contributed by atoms with Crippen molar-refractivity contribution in [3.63, 3.8) is 0 Å². The minimum absolute atomic E-state index is 0.197. The molecule has 0 aliphatic heterocycles. The maximum Gasteiger partial charge on any atom is 0.476 e. The van der Waals surface area contributed by atoms with Crippen LogP contribution in [0.2, 0.25) is 0 Å². The second kappa shape index (κ2) is 3.70. The van der Waals surface area contributed by atoms with Gasteiger partial charge >= 0.3 is 6.18 Å². The van der Waals surface area contributed by atoms with Crippen LogP contribution in [-0.4, -0.2) is 17.7 Å². The summed E-state index contributed by atoms with van der Waals surface area (Å²) in [6.45, 7) is 0. The lowest BCUT2D eigenvalue weighted by atomic mass is 10.3. The Bertz CT molecular complexity index is 243. The van der Waals surface area contributed by atoms with Crippen LogP contribution >= 0.6 is 15.9 Å². The first kappa shape index (κ1) is 11.2. The molecule has 0 heterocycles. The van der Waals surface area contributed by atoms with Crippen molar-refractivity contribution in [1.82, 2.24) is 0 Å². The minimum atomic E-state index is -4.59. The van der Waals surface area contributed by atoms with E-state index in [-0.39, 0.29) is 4.48 Å². The third kappa shape index (κ3) is 3.51. The highest BCUT2D eigenvalue weighted by molar-refractivity contribution is 9.12. The lowest BCUT2D eigenvalue weighted by Crippen LogP contribution is -2.47. The van der Waals surface area contributed by atoms with Gasteiger partial charge in [0.1, 0.15) is 5.84 Å². The molecule has 0 rings (SSSR count). The molecule has 0 aliphatic rings. The Morgan fingerprint density at radius 1 is 1.50 bits per heavy atom. The van der Waals surface area contributed by atoms with Gasteiger partial charge in [0, 0.05) is 6.08 Å². The SMILES string of the molecule is N=C(N)/C(Br)=C\C(=[NH2+])C(F)(F)F. The molecular weight excluding hydrogens is 239 g/mol. The van der Waals surface area contributed by atoms with Gasteiger partial charge in [0.15, 0.2) is 0 Å². The third-order valence-electron chi connectivity index (χ3n) is 0.867. The quantitative estimate of drug-likeness (QED) is 0.463. The van der Waals surface area contributed by atoms with Gasteiger partial charge in [0.2, 0.25) is 0 Å². The summed E-state index contributed by atoms with van der Waals surface area (Å²) in [4.78, 5) is 0. The fourth-order valence-electron chi connectivity index (χ4n) is 0.296. The van der Waals surface area contributed by atoms with Gasteiger partial charge < -0.3 is 5.73 Å². The second-order valence-electron chi connectivity index (χ2n) is 1.86. The van der Waals surface area contributed by atoms with Gasteiger partial charge in [-0.1, -0.05) is 0 Å². The van der Waals surface area contributed by atoms with Crippen molar-refractivity contribution in [3.05, 3.63) is 10.6 Å². The molecule has 7 heteroatoms. The Kier molecular flexibility index (Phi) is 3.44. The summed E-state index contributed by atoms with van der Waals surface area (Å²) < 4.78 is 35.0. The number of nitrogens with two attached hydrogens (primary N) is 2. The van der Waals surface area contributed by atoms with E-state index in [0.29, 0.717) is 6.08 Å². The topological polar surface area (TPSA) is 75.5 Å². The maximum atomic E-state index is 11.7. The predicted octanol–water partition coefficient (Wildman–Crippen LogP) is -0.0364. The molecule has 0 fully saturated rings. The number of hydrogen-bond acceptors (Lipinski definition) is 1. The van der Waals surface area contributed by atoms with E-state index < -0.39 is 17.7 Å². The lowest BCUT2D eigenvalue weighted by molar-refractivity contribution is -0.165. The first-order valence-corrected chi connectivity index (χ1v) is 3.45. The van der Waals surface area contributed by atoms with Crippen LogP contribution in [0.5, 0.6) is 0 Å². The van der Waals surface area contributed by atoms with Crippen LogP contribution in [-0.2, 0) is 0 Å². The van der Waals surface area contributed by atoms with Crippen molar-refractivity contribution < 1.29 is 18.6 Å². The molecule has 0 spiro atoms. The lowest BCUT2D eigenvalue weighted by Gasteiger charge is -1.99. The number of amidine groups is 1. The summed E-state index contributed by atoms with van der Waals surface area (Å²) in [5.74, 6) is -0.512. The van der Waals surface area contributed by atoms with Gasteiger partial charge in [-0.05, 0) is 15.9 Å². The molecule has 12 heavy (non-hydrogen) atoms. The summed E-state index contributed by atoms with van der Waals surface area (Å²) in [6, 6.07) is 0. The van der Waals surface area contributed by atoms with Crippen molar-refractivity contribution in [2.24, 2.45) is 5.73 Å². The molecule has 0 aromatic heterocycles. The largest absolute Gasteiger partial charge is 0.476 e. The monoisotopic (exact) mass is 244 g/mol. The Morgan fingerprint density at radius 2 is 1.92 bits per heavy atom. The van der Waals surface area contributed by atoms with E-state index in [1.54, 1.807) is 0 Å². The van der Waals surface area contributed by atoms with Crippen molar-refractivity contribution >= 4 is 27.5 Å². The number of allylic oxidation sites excluding steroid dienone is 1. The van der Waals surface area contributed by atoms with E-state index in [1.807, 2.05) is 0 Å². The van der Waals surface area contributed by atoms with Crippen LogP contribution in [0.3, 0.4) is 0 Å². The highest BCUT2D eigenvalue weighted by Gasteiger charge is 2.38. The fourth-order valence-corrected chi connectivity index (χ4v) is 0.543. The number of nitrogens with one attached hydrogen (secondary N) is 1. The Labute approximate surface area is 74.6 Å². The van der Waals surface area contributed by atoms with Gasteiger partial charge in [0.25, 0.3) is 5.71 Å². The Balaban J connectivity index is 4.57. The summed E-state index contributed by atoms with van der Waals surface area (Å²) >= 11 is 2.65. The van der Waals surface area contributed by atoms with Gasteiger partial charge in [-0.3, -0.25) is 10.8 Å². The summed E-state index contributed by atoms with van der Waals surface area (Å²) in [7, 11) is 0. The molecule has 0 saturated carbocycles. The van der Waals surface area contributed by atoms with Gasteiger partial charge in [0.05, 0.1) is 4.48 Å². The van der Waals surface area contributed by atoms with E-state index in [2.05, 4.69) is 21.3 Å². The molecular formula is C5H6BrF3N3+. The van der Waals surface area contributed by atoms with Crippen LogP contribution < -0.4 is 11.1 Å². The molecule has 0 atom stereocenters. The van der Waals surface area contributed by atoms with Gasteiger partial charge in [-0.25, -0.2) is 0 Å². The number of alkyl halides is 3. The molecule has 0 unspecified atom stereocenters. The van der Waals surface area contributed by atoms with Crippen LogP contribution in [0.4, 0.5) is 13.2 Å². The van der Waals surface area contributed by atoms with Gasteiger partial charge in [-0.2, -0.15) is 13.2 Å². The first-order valence-electron chi connectivity index (χ1n) is 2.66. The molecule has 0 amide bonds. The molecule has 5 N–H and O–H groups in total. The molecule has 0 aromatic carbocycles. The zero-order valence-corrected chi connectivity index (χ0v) is 7.33. The average Bonchev–Trinajstić information content (AvgIpc) is 1.85. The molecule has 0 aromatic rings. The molecule has 68 valence electrons. The molecule has 0 bridgehead atoms. The van der Waals surface area contributed by atoms with E-state index in [9.17, 15) is 13.2 Å². The second-order valence-corrected chi connectivity index (χ2v) is 2.71. The normalized spacial score (nSPS) is 12.8. The summed E-state index contributed by atoms with van der Waals surface area (Å²) in [5, 5.41) is 11.3. The van der Waals surface area contributed by atoms with E-state index in [0.717, 1.165) is 0 Å². The summed E-state index contributed by atoms with van der Waals surface area (Å²) in [6.07, 6.45) is -4.04. The number of hydrogen-bond donors (Lipinski definition) is 3. The minimum Gasteiger partial charge on any atom is -0.383 e. The first-order chi connectivity index (χ1) is 5.25. The number of rotatable bonds is 2. The number of halogens is 4. The molecule has 0 radical (unpaired) electrons. The van der Waals surface area contributed by atoms with Crippen molar-refractivity contribution in [3.8, 4) is 0 Å². The molecule has 0 aliphatic carbocycles. The van der Waals surface area contributed by atoms with E-state index in [1.165, 1.54) is 0 Å². The van der Waals surface area contributed by atoms with Crippen molar-refractivity contribution in [2.45, 2.75) is 6.18 Å². The molecule has 0 saturated heterocycles. The summed E-state index contributed by atoms with van der Waals surface area (Å²) in [5.41, 5.74) is 3.56. The van der Waals surface area contributed by atoms with Crippen LogP contribution in [0.1, 0.15) is 0 Å². The predicted molar refractivity (Wildman–Crippen MR) is 41.9 cm³/mol. The average molecular weight is 245 g/mol. The van der Waals surface area contributed by atoms with Crippen molar-refractivity contribution in [1.29, 1.82) is 5.41 Å². The van der Waals surface area contributed by atoms with Crippen LogP contribution in [0.15, 0.2) is 10.6 Å². The standard InChI is InChI=1S/C5H5BrF3N3/c6-2(4(11)12)1-3(10)5(7,8)9/h1,10H,(H3,11,12)/p+1/b2-1+,10-3?. The maximum absolute atomic E-state index is 11.7. The van der Waals surface area contributed by atoms with Gasteiger partial charge in [-0.15, -0.1) is 0 Å². The van der Waals surface area contributed by atoms with Crippen molar-refractivity contribution in [2.75, 3.05) is 0 Å². The zero-order valence-electron chi connectivity index (χ0n) is 5.74. The van der Waals surface area contributed by atoms with Crippen LogP contribution in [0, 0.1) is 5.41 Å². The fraction of sp³-hybridized carbons (Fsp3) is 0.200. The van der Waals surface area contributed by atoms with E-state index >= 15 is 0 Å². The van der Waals surface area contributed by atoms with E-state index in [4.69, 9.17) is 11.1 Å². The Hall–Kier alpha value is -0.850. The Morgan fingerprint density at radius 3 is 2.17 bits per heavy atom. The smallest absolute Gasteiger partial charge is 0.383 e. The highest BCUT2D eigenvalue weighted by Crippen LogP contribution is 2.17. The third-order valence-corrected chi connectivity index (χ3v) is 1.52. The highest BCUT2D eigenvalue weighted by atomic mass is 79.9.